The monoisotopic (exact) mass is 226 g/mol. The molecule has 0 saturated heterocycles. The molecule has 0 aromatic heterocycles. The molecule has 0 saturated carbocycles. The number of nitrogens with two attached hydrogens (primary N) is 1. The maximum atomic E-state index is 11.5. The average Bonchev–Trinajstić information content (AvgIpc) is 2.17. The molecule has 0 aliphatic heterocycles. The summed E-state index contributed by atoms with van der Waals surface area (Å²) in [7, 11) is 0. The molecule has 1 aromatic rings. The molecule has 0 aliphatic carbocycles. The molecular formula is C10H11ClN2O2. The summed E-state index contributed by atoms with van der Waals surface area (Å²) in [6.07, 6.45) is 0.131. The van der Waals surface area contributed by atoms with Crippen molar-refractivity contribution >= 4 is 23.4 Å². The van der Waals surface area contributed by atoms with Crippen molar-refractivity contribution < 1.29 is 9.59 Å². The van der Waals surface area contributed by atoms with Gasteiger partial charge in [0.1, 0.15) is 0 Å². The van der Waals surface area contributed by atoms with Crippen LogP contribution in [-0.2, 0) is 4.79 Å². The molecule has 0 bridgehead atoms. The second-order valence-corrected chi connectivity index (χ2v) is 3.42. The van der Waals surface area contributed by atoms with Crippen molar-refractivity contribution in [3.63, 3.8) is 0 Å². The third-order valence-electron chi connectivity index (χ3n) is 1.74. The molecule has 0 radical (unpaired) electrons. The van der Waals surface area contributed by atoms with Gasteiger partial charge in [0, 0.05) is 23.6 Å². The van der Waals surface area contributed by atoms with Gasteiger partial charge in [-0.15, -0.1) is 0 Å². The lowest BCUT2D eigenvalue weighted by molar-refractivity contribution is -0.117. The Kier molecular flexibility index (Phi) is 4.12. The Hall–Kier alpha value is -1.55. The van der Waals surface area contributed by atoms with Crippen LogP contribution in [0.15, 0.2) is 24.3 Å². The van der Waals surface area contributed by atoms with Gasteiger partial charge in [0.05, 0.1) is 0 Å². The standard InChI is InChI=1S/C10H11ClN2O2/c11-8-3-1-2-7(6-8)10(15)13-5-4-9(12)14/h1-3,6H,4-5H2,(H2,12,14)(H,13,15). The fourth-order valence-electron chi connectivity index (χ4n) is 1.03. The lowest BCUT2D eigenvalue weighted by Gasteiger charge is -2.03. The van der Waals surface area contributed by atoms with E-state index in [4.69, 9.17) is 17.3 Å². The molecular weight excluding hydrogens is 216 g/mol. The second kappa shape index (κ2) is 5.36. The minimum atomic E-state index is -0.443. The highest BCUT2D eigenvalue weighted by atomic mass is 35.5. The number of hydrogen-bond donors (Lipinski definition) is 2. The number of carbonyl (C=O) groups excluding carboxylic acids is 2. The first-order valence-electron chi connectivity index (χ1n) is 4.41. The van der Waals surface area contributed by atoms with E-state index in [2.05, 4.69) is 5.32 Å². The number of carbonyl (C=O) groups is 2. The van der Waals surface area contributed by atoms with Gasteiger partial charge in [-0.1, -0.05) is 17.7 Å². The fourth-order valence-corrected chi connectivity index (χ4v) is 1.22. The highest BCUT2D eigenvalue weighted by Gasteiger charge is 2.05. The van der Waals surface area contributed by atoms with E-state index in [0.29, 0.717) is 10.6 Å². The van der Waals surface area contributed by atoms with Crippen LogP contribution in [0.25, 0.3) is 0 Å². The fraction of sp³-hybridized carbons (Fsp3) is 0.200. The molecule has 0 atom stereocenters. The van der Waals surface area contributed by atoms with E-state index in [1.54, 1.807) is 24.3 Å². The van der Waals surface area contributed by atoms with Gasteiger partial charge in [-0.3, -0.25) is 9.59 Å². The highest BCUT2D eigenvalue weighted by molar-refractivity contribution is 6.30. The zero-order chi connectivity index (χ0) is 11.3. The second-order valence-electron chi connectivity index (χ2n) is 2.98. The Balaban J connectivity index is 2.50. The Bertz CT molecular complexity index is 379. The van der Waals surface area contributed by atoms with Crippen molar-refractivity contribution in [1.82, 2.24) is 5.32 Å². The molecule has 0 fully saturated rings. The van der Waals surface area contributed by atoms with Crippen LogP contribution in [0, 0.1) is 0 Å². The molecule has 0 spiro atoms. The Morgan fingerprint density at radius 3 is 2.73 bits per heavy atom. The zero-order valence-electron chi connectivity index (χ0n) is 8.00. The van der Waals surface area contributed by atoms with Gasteiger partial charge < -0.3 is 11.1 Å². The number of halogens is 1. The maximum Gasteiger partial charge on any atom is 0.251 e. The van der Waals surface area contributed by atoms with Crippen molar-refractivity contribution in [1.29, 1.82) is 0 Å². The number of benzene rings is 1. The molecule has 80 valence electrons. The minimum Gasteiger partial charge on any atom is -0.370 e. The normalized spacial score (nSPS) is 9.67. The van der Waals surface area contributed by atoms with Crippen LogP contribution < -0.4 is 11.1 Å². The summed E-state index contributed by atoms with van der Waals surface area (Å²) in [5.41, 5.74) is 5.39. The van der Waals surface area contributed by atoms with Crippen LogP contribution in [0.5, 0.6) is 0 Å². The molecule has 0 aliphatic rings. The van der Waals surface area contributed by atoms with Gasteiger partial charge in [0.15, 0.2) is 0 Å². The van der Waals surface area contributed by atoms with E-state index in [0.717, 1.165) is 0 Å². The van der Waals surface area contributed by atoms with E-state index >= 15 is 0 Å². The summed E-state index contributed by atoms with van der Waals surface area (Å²) < 4.78 is 0. The van der Waals surface area contributed by atoms with E-state index in [1.165, 1.54) is 0 Å². The van der Waals surface area contributed by atoms with Gasteiger partial charge in [-0.2, -0.15) is 0 Å². The van der Waals surface area contributed by atoms with Crippen molar-refractivity contribution in [2.75, 3.05) is 6.54 Å². The lowest BCUT2D eigenvalue weighted by Crippen LogP contribution is -2.27. The first kappa shape index (κ1) is 11.5. The molecule has 15 heavy (non-hydrogen) atoms. The lowest BCUT2D eigenvalue weighted by atomic mass is 10.2. The molecule has 1 aromatic carbocycles. The SMILES string of the molecule is NC(=O)CCNC(=O)c1cccc(Cl)c1. The topological polar surface area (TPSA) is 72.2 Å². The highest BCUT2D eigenvalue weighted by Crippen LogP contribution is 2.10. The van der Waals surface area contributed by atoms with Gasteiger partial charge in [-0.05, 0) is 18.2 Å². The van der Waals surface area contributed by atoms with E-state index in [-0.39, 0.29) is 18.9 Å². The van der Waals surface area contributed by atoms with Crippen molar-refractivity contribution in [3.8, 4) is 0 Å². The summed E-state index contributed by atoms with van der Waals surface area (Å²) in [5, 5.41) is 3.06. The van der Waals surface area contributed by atoms with E-state index in [9.17, 15) is 9.59 Å². The third-order valence-corrected chi connectivity index (χ3v) is 1.98. The molecule has 0 heterocycles. The first-order valence-corrected chi connectivity index (χ1v) is 4.79. The predicted octanol–water partition coefficient (Wildman–Crippen LogP) is 0.945. The Morgan fingerprint density at radius 2 is 2.13 bits per heavy atom. The number of amides is 2. The molecule has 5 heteroatoms. The summed E-state index contributed by atoms with van der Waals surface area (Å²) in [4.78, 5) is 21.9. The maximum absolute atomic E-state index is 11.5. The molecule has 2 amide bonds. The molecule has 1 rings (SSSR count). The first-order chi connectivity index (χ1) is 7.09. The summed E-state index contributed by atoms with van der Waals surface area (Å²) in [6, 6.07) is 6.57. The van der Waals surface area contributed by atoms with Crippen LogP contribution in [-0.4, -0.2) is 18.4 Å². The van der Waals surface area contributed by atoms with Crippen molar-refractivity contribution in [2.24, 2.45) is 5.73 Å². The van der Waals surface area contributed by atoms with E-state index in [1.807, 2.05) is 0 Å². The zero-order valence-corrected chi connectivity index (χ0v) is 8.75. The predicted molar refractivity (Wildman–Crippen MR) is 57.6 cm³/mol. The van der Waals surface area contributed by atoms with Crippen molar-refractivity contribution in [2.45, 2.75) is 6.42 Å². The quantitative estimate of drug-likeness (QED) is 0.802. The summed E-state index contributed by atoms with van der Waals surface area (Å²) in [6.45, 7) is 0.237. The number of rotatable bonds is 4. The molecule has 4 nitrogen and oxygen atoms in total. The number of nitrogens with one attached hydrogen (secondary N) is 1. The summed E-state index contributed by atoms with van der Waals surface area (Å²) >= 11 is 5.72. The number of hydrogen-bond acceptors (Lipinski definition) is 2. The van der Waals surface area contributed by atoms with Crippen LogP contribution in [0.1, 0.15) is 16.8 Å². The van der Waals surface area contributed by atoms with E-state index < -0.39 is 5.91 Å². The van der Waals surface area contributed by atoms with Crippen LogP contribution >= 0.6 is 11.6 Å². The van der Waals surface area contributed by atoms with Crippen LogP contribution in [0.2, 0.25) is 5.02 Å². The third kappa shape index (κ3) is 3.99. The van der Waals surface area contributed by atoms with Gasteiger partial charge >= 0.3 is 0 Å². The molecule has 3 N–H and O–H groups in total. The Labute approximate surface area is 92.4 Å². The van der Waals surface area contributed by atoms with Crippen LogP contribution in [0.4, 0.5) is 0 Å². The van der Waals surface area contributed by atoms with Gasteiger partial charge in [0.2, 0.25) is 5.91 Å². The van der Waals surface area contributed by atoms with Crippen LogP contribution in [0.3, 0.4) is 0 Å². The summed E-state index contributed by atoms with van der Waals surface area (Å²) in [5.74, 6) is -0.708. The van der Waals surface area contributed by atoms with Gasteiger partial charge in [0.25, 0.3) is 5.91 Å². The smallest absolute Gasteiger partial charge is 0.251 e. The molecule has 0 unspecified atom stereocenters. The van der Waals surface area contributed by atoms with Gasteiger partial charge in [-0.25, -0.2) is 0 Å². The Morgan fingerprint density at radius 1 is 1.40 bits per heavy atom. The number of primary amides is 1. The average molecular weight is 227 g/mol. The minimum absolute atomic E-state index is 0.131. The largest absolute Gasteiger partial charge is 0.370 e. The van der Waals surface area contributed by atoms with Crippen molar-refractivity contribution in [3.05, 3.63) is 34.9 Å².